The van der Waals surface area contributed by atoms with Crippen LogP contribution in [0.4, 0.5) is 16.2 Å². The average Bonchev–Trinajstić information content (AvgIpc) is 3.60. The second-order valence-corrected chi connectivity index (χ2v) is 11.4. The van der Waals surface area contributed by atoms with Crippen molar-refractivity contribution in [1.29, 1.82) is 0 Å². The first-order chi connectivity index (χ1) is 16.8. The van der Waals surface area contributed by atoms with Crippen LogP contribution < -0.4 is 9.62 Å². The molecular weight excluding hydrogens is 468 g/mol. The number of aromatic nitrogens is 2. The number of carbonyl (C=O) groups excluding carboxylic acids is 1. The average molecular weight is 502 g/mol. The maximum atomic E-state index is 13.6. The second-order valence-electron chi connectivity index (χ2n) is 9.78. The molecule has 1 saturated heterocycles. The third kappa shape index (κ3) is 4.41. The van der Waals surface area contributed by atoms with Crippen LogP contribution in [-0.2, 0) is 42.4 Å². The van der Waals surface area contributed by atoms with E-state index in [1.54, 1.807) is 10.9 Å². The monoisotopic (exact) mass is 501 g/mol. The number of hydrogen-bond acceptors (Lipinski definition) is 6. The summed E-state index contributed by atoms with van der Waals surface area (Å²) in [6.45, 7) is 3.86. The molecule has 190 valence electrons. The number of carbonyl (C=O) groups is 1. The van der Waals surface area contributed by atoms with E-state index in [-0.39, 0.29) is 4.47 Å². The molecule has 3 aliphatic rings. The molecule has 0 unspecified atom stereocenters. The van der Waals surface area contributed by atoms with Crippen LogP contribution in [0.15, 0.2) is 18.5 Å². The summed E-state index contributed by atoms with van der Waals surface area (Å²) in [6, 6.07) is 0.625. The quantitative estimate of drug-likeness (QED) is 0.609. The SMILES string of the molecule is CCn1cc(N(C2CCN(C)CC2)S(=O)(=O)N([O-])C(=O)Nc2c3c(cc4c2CCC4)CCC3)cn1. The van der Waals surface area contributed by atoms with Gasteiger partial charge in [0, 0.05) is 24.5 Å². The zero-order valence-electron chi connectivity index (χ0n) is 20.4. The summed E-state index contributed by atoms with van der Waals surface area (Å²) >= 11 is 0. The summed E-state index contributed by atoms with van der Waals surface area (Å²) in [5, 5.41) is 20.1. The molecule has 2 amide bonds. The van der Waals surface area contributed by atoms with Crippen molar-refractivity contribution in [1.82, 2.24) is 19.1 Å². The normalized spacial score (nSPS) is 18.4. The minimum absolute atomic E-state index is 0.302. The molecule has 1 aromatic carbocycles. The molecule has 0 saturated carbocycles. The van der Waals surface area contributed by atoms with Crippen molar-refractivity contribution in [2.75, 3.05) is 29.8 Å². The van der Waals surface area contributed by atoms with Crippen molar-refractivity contribution in [3.05, 3.63) is 45.9 Å². The molecular formula is C24H33N6O4S-. The number of rotatable bonds is 6. The molecule has 0 radical (unpaired) electrons. The Kier molecular flexibility index (Phi) is 6.49. The van der Waals surface area contributed by atoms with E-state index in [0.717, 1.165) is 54.0 Å². The number of anilines is 2. The minimum Gasteiger partial charge on any atom is -0.740 e. The number of fused-ring (bicyclic) bond motifs is 2. The Morgan fingerprint density at radius 3 is 2.34 bits per heavy atom. The van der Waals surface area contributed by atoms with E-state index < -0.39 is 22.3 Å². The predicted octanol–water partition coefficient (Wildman–Crippen LogP) is 3.06. The van der Waals surface area contributed by atoms with Gasteiger partial charge in [-0.1, -0.05) is 6.07 Å². The van der Waals surface area contributed by atoms with Crippen LogP contribution in [0, 0.1) is 5.21 Å². The third-order valence-electron chi connectivity index (χ3n) is 7.55. The van der Waals surface area contributed by atoms with Crippen LogP contribution in [0.2, 0.25) is 0 Å². The van der Waals surface area contributed by atoms with Crippen LogP contribution in [0.5, 0.6) is 0 Å². The Hall–Kier alpha value is -2.63. The molecule has 2 heterocycles. The van der Waals surface area contributed by atoms with Crippen LogP contribution in [0.25, 0.3) is 0 Å². The van der Waals surface area contributed by atoms with Gasteiger partial charge in [-0.3, -0.25) is 9.15 Å². The van der Waals surface area contributed by atoms with Gasteiger partial charge in [0.25, 0.3) is 0 Å². The van der Waals surface area contributed by atoms with Crippen molar-refractivity contribution >= 4 is 27.6 Å². The minimum atomic E-state index is -4.69. The van der Waals surface area contributed by atoms with E-state index in [1.165, 1.54) is 17.3 Å². The second kappa shape index (κ2) is 9.44. The molecule has 0 bridgehead atoms. The summed E-state index contributed by atoms with van der Waals surface area (Å²) in [7, 11) is -2.71. The summed E-state index contributed by atoms with van der Waals surface area (Å²) in [5.41, 5.74) is 5.43. The maximum Gasteiger partial charge on any atom is 0.326 e. The Bertz CT molecular complexity index is 1190. The molecule has 5 rings (SSSR count). The topological polar surface area (TPSA) is 114 Å². The summed E-state index contributed by atoms with van der Waals surface area (Å²) in [5.74, 6) is 0. The molecule has 11 heteroatoms. The molecule has 2 aromatic rings. The largest absolute Gasteiger partial charge is 0.740 e. The first kappa shape index (κ1) is 24.1. The Balaban J connectivity index is 1.45. The van der Waals surface area contributed by atoms with Gasteiger partial charge in [0.1, 0.15) is 0 Å². The van der Waals surface area contributed by atoms with Crippen LogP contribution in [0.3, 0.4) is 0 Å². The van der Waals surface area contributed by atoms with Crippen molar-refractivity contribution in [2.45, 2.75) is 70.9 Å². The number of nitrogens with one attached hydrogen (secondary N) is 1. The van der Waals surface area contributed by atoms with Gasteiger partial charge in [0.05, 0.1) is 11.9 Å². The Labute approximate surface area is 206 Å². The maximum absolute atomic E-state index is 13.6. The van der Waals surface area contributed by atoms with E-state index in [9.17, 15) is 18.4 Å². The van der Waals surface area contributed by atoms with E-state index >= 15 is 0 Å². The number of piperidine rings is 1. The van der Waals surface area contributed by atoms with Gasteiger partial charge < -0.3 is 15.4 Å². The number of amides is 2. The third-order valence-corrected chi connectivity index (χ3v) is 9.14. The first-order valence-corrected chi connectivity index (χ1v) is 13.9. The zero-order chi connectivity index (χ0) is 24.7. The fourth-order valence-electron chi connectivity index (χ4n) is 5.71. The summed E-state index contributed by atoms with van der Waals surface area (Å²) < 4.78 is 29.6. The van der Waals surface area contributed by atoms with Crippen molar-refractivity contribution in [3.8, 4) is 0 Å². The molecule has 35 heavy (non-hydrogen) atoms. The lowest BCUT2D eigenvalue weighted by molar-refractivity contribution is 0.242. The Morgan fingerprint density at radius 2 is 1.77 bits per heavy atom. The number of hydrogen-bond donors (Lipinski definition) is 1. The molecule has 0 atom stereocenters. The van der Waals surface area contributed by atoms with Crippen molar-refractivity contribution in [2.24, 2.45) is 0 Å². The summed E-state index contributed by atoms with van der Waals surface area (Å²) in [4.78, 5) is 15.3. The Morgan fingerprint density at radius 1 is 1.14 bits per heavy atom. The van der Waals surface area contributed by atoms with Crippen LogP contribution in [0.1, 0.15) is 54.9 Å². The van der Waals surface area contributed by atoms with Gasteiger partial charge in [-0.15, -0.1) is 0 Å². The first-order valence-electron chi connectivity index (χ1n) is 12.5. The van der Waals surface area contributed by atoms with Crippen molar-refractivity contribution in [3.63, 3.8) is 0 Å². The van der Waals surface area contributed by atoms with Gasteiger partial charge >= 0.3 is 16.2 Å². The highest BCUT2D eigenvalue weighted by molar-refractivity contribution is 7.91. The molecule has 1 fully saturated rings. The van der Waals surface area contributed by atoms with E-state index in [1.807, 2.05) is 14.0 Å². The molecule has 2 aliphatic carbocycles. The highest BCUT2D eigenvalue weighted by Crippen LogP contribution is 2.39. The molecule has 1 aliphatic heterocycles. The van der Waals surface area contributed by atoms with Crippen LogP contribution >= 0.6 is 0 Å². The number of nitrogens with zero attached hydrogens (tertiary/aromatic N) is 5. The van der Waals surface area contributed by atoms with E-state index in [4.69, 9.17) is 0 Å². The smallest absolute Gasteiger partial charge is 0.326 e. The number of likely N-dealkylation sites (tertiary alicyclic amines) is 1. The number of aryl methyl sites for hydroxylation is 3. The fraction of sp³-hybridized carbons (Fsp3) is 0.583. The van der Waals surface area contributed by atoms with Gasteiger partial charge in [0.2, 0.25) is 0 Å². The summed E-state index contributed by atoms with van der Waals surface area (Å²) in [6.07, 6.45) is 9.68. The van der Waals surface area contributed by atoms with Crippen LogP contribution in [-0.4, -0.2) is 59.8 Å². The highest BCUT2D eigenvalue weighted by Gasteiger charge is 2.36. The fourth-order valence-corrected chi connectivity index (χ4v) is 7.07. The van der Waals surface area contributed by atoms with Gasteiger partial charge in [0.15, 0.2) is 0 Å². The van der Waals surface area contributed by atoms with Gasteiger partial charge in [-0.2, -0.15) is 13.5 Å². The van der Waals surface area contributed by atoms with E-state index in [0.29, 0.717) is 43.9 Å². The highest BCUT2D eigenvalue weighted by atomic mass is 32.2. The van der Waals surface area contributed by atoms with E-state index in [2.05, 4.69) is 21.4 Å². The predicted molar refractivity (Wildman–Crippen MR) is 135 cm³/mol. The molecule has 10 nitrogen and oxygen atoms in total. The lowest BCUT2D eigenvalue weighted by Crippen LogP contribution is -2.52. The molecule has 1 N–H and O–H groups in total. The lowest BCUT2D eigenvalue weighted by atomic mass is 9.99. The molecule has 1 aromatic heterocycles. The lowest BCUT2D eigenvalue weighted by Gasteiger charge is -2.41. The number of hydroxylamine groups is 1. The van der Waals surface area contributed by atoms with Gasteiger partial charge in [-0.25, -0.2) is 9.10 Å². The standard InChI is InChI=1S/C24H33N6O4S/c1-3-28-16-20(15-25-28)29(19-10-12-27(2)13-11-19)35(33,34)30(32)24(31)26-23-21-8-4-6-17(21)14-18-7-5-9-22(18)23/h14-16,19H,3-13H2,1-2H3,(H,26,31)/q-1. The number of benzene rings is 1. The zero-order valence-corrected chi connectivity index (χ0v) is 21.2. The molecule has 0 spiro atoms. The van der Waals surface area contributed by atoms with Crippen molar-refractivity contribution < 1.29 is 13.2 Å². The number of urea groups is 1. The van der Waals surface area contributed by atoms with Gasteiger partial charge in [-0.05, 0) is 101 Å².